The molecule has 4 heteroatoms. The Hall–Kier alpha value is -1.13. The third-order valence-corrected chi connectivity index (χ3v) is 4.41. The van der Waals surface area contributed by atoms with E-state index in [0.717, 1.165) is 37.9 Å². The zero-order valence-electron chi connectivity index (χ0n) is 12.0. The number of nitrogens with one attached hydrogen (secondary N) is 1. The summed E-state index contributed by atoms with van der Waals surface area (Å²) in [6.07, 6.45) is 5.27. The maximum atomic E-state index is 14.0. The molecule has 3 rings (SSSR count). The van der Waals surface area contributed by atoms with Crippen LogP contribution in [0.25, 0.3) is 0 Å². The largest absolute Gasteiger partial charge is 0.487 e. The molecule has 1 spiro atoms. The van der Waals surface area contributed by atoms with Crippen molar-refractivity contribution in [3.05, 3.63) is 29.6 Å². The van der Waals surface area contributed by atoms with Crippen LogP contribution in [-0.2, 0) is 11.3 Å². The van der Waals surface area contributed by atoms with Gasteiger partial charge in [-0.2, -0.15) is 0 Å². The number of hydrogen-bond donors (Lipinski definition) is 1. The quantitative estimate of drug-likeness (QED) is 0.919. The molecule has 2 aliphatic rings. The number of rotatable bonds is 4. The molecule has 1 aliphatic carbocycles. The average Bonchev–Trinajstić information content (AvgIpc) is 2.42. The van der Waals surface area contributed by atoms with E-state index >= 15 is 0 Å². The van der Waals surface area contributed by atoms with Gasteiger partial charge in [-0.3, -0.25) is 0 Å². The van der Waals surface area contributed by atoms with Crippen LogP contribution in [0, 0.1) is 5.82 Å². The van der Waals surface area contributed by atoms with Gasteiger partial charge in [0.2, 0.25) is 0 Å². The Kier molecular flexibility index (Phi) is 3.94. The summed E-state index contributed by atoms with van der Waals surface area (Å²) in [6, 6.07) is 5.10. The van der Waals surface area contributed by atoms with Crippen molar-refractivity contribution in [3.8, 4) is 5.75 Å². The molecule has 0 bridgehead atoms. The molecule has 0 radical (unpaired) electrons. The second-order valence-corrected chi connectivity index (χ2v) is 5.88. The summed E-state index contributed by atoms with van der Waals surface area (Å²) in [6.45, 7) is 1.34. The van der Waals surface area contributed by atoms with Crippen molar-refractivity contribution in [3.63, 3.8) is 0 Å². The van der Waals surface area contributed by atoms with Crippen LogP contribution in [0.2, 0.25) is 0 Å². The summed E-state index contributed by atoms with van der Waals surface area (Å²) < 4.78 is 25.9. The monoisotopic (exact) mass is 279 g/mol. The number of hydrogen-bond acceptors (Lipinski definition) is 3. The predicted molar refractivity (Wildman–Crippen MR) is 75.3 cm³/mol. The van der Waals surface area contributed by atoms with Gasteiger partial charge in [-0.25, -0.2) is 4.39 Å². The minimum atomic E-state index is -0.271. The number of ether oxygens (including phenoxy) is 2. The van der Waals surface area contributed by atoms with Crippen LogP contribution in [0.1, 0.15) is 37.7 Å². The van der Waals surface area contributed by atoms with E-state index in [-0.39, 0.29) is 17.5 Å². The zero-order valence-corrected chi connectivity index (χ0v) is 12.0. The molecule has 0 aromatic heterocycles. The minimum absolute atomic E-state index is 0.0251. The normalized spacial score (nSPS) is 24.4. The van der Waals surface area contributed by atoms with Crippen molar-refractivity contribution in [1.82, 2.24) is 5.32 Å². The standard InChI is InChI=1S/C16H22FNO2/c1-18-11-12-4-2-5-14(17)15(12)20-13-6-9-19-16(10-13)7-3-8-16/h2,4-5,13,18H,3,6-11H2,1H3. The highest BCUT2D eigenvalue weighted by atomic mass is 19.1. The molecule has 3 nitrogen and oxygen atoms in total. The molecule has 1 saturated carbocycles. The maximum absolute atomic E-state index is 14.0. The van der Waals surface area contributed by atoms with Gasteiger partial charge in [-0.05, 0) is 32.4 Å². The zero-order chi connectivity index (χ0) is 14.0. The lowest BCUT2D eigenvalue weighted by Crippen LogP contribution is -2.48. The van der Waals surface area contributed by atoms with Gasteiger partial charge in [0.05, 0.1) is 12.2 Å². The number of halogens is 1. The Labute approximate surface area is 119 Å². The molecule has 1 atom stereocenters. The summed E-state index contributed by atoms with van der Waals surface area (Å²) >= 11 is 0. The van der Waals surface area contributed by atoms with E-state index in [1.807, 2.05) is 13.1 Å². The van der Waals surface area contributed by atoms with Crippen molar-refractivity contribution in [1.29, 1.82) is 0 Å². The maximum Gasteiger partial charge on any atom is 0.165 e. The van der Waals surface area contributed by atoms with Crippen LogP contribution in [0.15, 0.2) is 18.2 Å². The summed E-state index contributed by atoms with van der Waals surface area (Å²) in [4.78, 5) is 0. The first kappa shape index (κ1) is 13.8. The fraction of sp³-hybridized carbons (Fsp3) is 0.625. The summed E-state index contributed by atoms with van der Waals surface area (Å²) in [5.74, 6) is 0.134. The van der Waals surface area contributed by atoms with E-state index in [9.17, 15) is 4.39 Å². The molecule has 1 aromatic carbocycles. The van der Waals surface area contributed by atoms with Crippen molar-refractivity contribution in [2.75, 3.05) is 13.7 Å². The third kappa shape index (κ3) is 2.67. The lowest BCUT2D eigenvalue weighted by atomic mass is 9.74. The van der Waals surface area contributed by atoms with E-state index < -0.39 is 0 Å². The third-order valence-electron chi connectivity index (χ3n) is 4.41. The van der Waals surface area contributed by atoms with Crippen molar-refractivity contribution in [2.24, 2.45) is 0 Å². The molecule has 20 heavy (non-hydrogen) atoms. The van der Waals surface area contributed by atoms with E-state index in [0.29, 0.717) is 12.3 Å². The van der Waals surface area contributed by atoms with Gasteiger partial charge in [0, 0.05) is 24.9 Å². The minimum Gasteiger partial charge on any atom is -0.487 e. The van der Waals surface area contributed by atoms with E-state index in [1.165, 1.54) is 12.5 Å². The Bertz CT molecular complexity index is 474. The van der Waals surface area contributed by atoms with Crippen LogP contribution < -0.4 is 10.1 Å². The van der Waals surface area contributed by atoms with Crippen LogP contribution in [0.5, 0.6) is 5.75 Å². The van der Waals surface area contributed by atoms with Crippen molar-refractivity contribution in [2.45, 2.75) is 50.4 Å². The lowest BCUT2D eigenvalue weighted by molar-refractivity contribution is -0.154. The Balaban J connectivity index is 1.73. The van der Waals surface area contributed by atoms with Crippen LogP contribution in [-0.4, -0.2) is 25.4 Å². The van der Waals surface area contributed by atoms with E-state index in [2.05, 4.69) is 5.32 Å². The molecule has 110 valence electrons. The van der Waals surface area contributed by atoms with Gasteiger partial charge in [0.15, 0.2) is 11.6 Å². The second kappa shape index (κ2) is 5.70. The van der Waals surface area contributed by atoms with Crippen molar-refractivity contribution < 1.29 is 13.9 Å². The Morgan fingerprint density at radius 1 is 1.45 bits per heavy atom. The fourth-order valence-corrected chi connectivity index (χ4v) is 3.18. The molecule has 1 saturated heterocycles. The van der Waals surface area contributed by atoms with Gasteiger partial charge in [-0.15, -0.1) is 0 Å². The molecular weight excluding hydrogens is 257 g/mol. The highest BCUT2D eigenvalue weighted by molar-refractivity contribution is 5.35. The highest BCUT2D eigenvalue weighted by Crippen LogP contribution is 2.43. The fourth-order valence-electron chi connectivity index (χ4n) is 3.18. The van der Waals surface area contributed by atoms with Crippen LogP contribution >= 0.6 is 0 Å². The summed E-state index contributed by atoms with van der Waals surface area (Å²) in [5.41, 5.74) is 0.902. The van der Waals surface area contributed by atoms with E-state index in [1.54, 1.807) is 6.07 Å². The first-order chi connectivity index (χ1) is 9.72. The van der Waals surface area contributed by atoms with Gasteiger partial charge in [0.25, 0.3) is 0 Å². The Morgan fingerprint density at radius 2 is 2.30 bits per heavy atom. The first-order valence-electron chi connectivity index (χ1n) is 7.45. The van der Waals surface area contributed by atoms with Gasteiger partial charge < -0.3 is 14.8 Å². The summed E-state index contributed by atoms with van der Waals surface area (Å²) in [5, 5.41) is 3.06. The number of para-hydroxylation sites is 1. The molecule has 1 aromatic rings. The molecule has 1 N–H and O–H groups in total. The topological polar surface area (TPSA) is 30.5 Å². The molecule has 1 heterocycles. The van der Waals surface area contributed by atoms with Crippen LogP contribution in [0.4, 0.5) is 4.39 Å². The van der Waals surface area contributed by atoms with Crippen LogP contribution in [0.3, 0.4) is 0 Å². The molecule has 1 aliphatic heterocycles. The smallest absolute Gasteiger partial charge is 0.165 e. The Morgan fingerprint density at radius 3 is 3.00 bits per heavy atom. The molecule has 2 fully saturated rings. The first-order valence-corrected chi connectivity index (χ1v) is 7.45. The molecular formula is C16H22FNO2. The second-order valence-electron chi connectivity index (χ2n) is 5.88. The van der Waals surface area contributed by atoms with Crippen molar-refractivity contribution >= 4 is 0 Å². The SMILES string of the molecule is CNCc1cccc(F)c1OC1CCOC2(CCC2)C1. The van der Waals surface area contributed by atoms with Gasteiger partial charge >= 0.3 is 0 Å². The van der Waals surface area contributed by atoms with E-state index in [4.69, 9.17) is 9.47 Å². The average molecular weight is 279 g/mol. The highest BCUT2D eigenvalue weighted by Gasteiger charge is 2.43. The van der Waals surface area contributed by atoms with Gasteiger partial charge in [0.1, 0.15) is 6.10 Å². The number of benzene rings is 1. The van der Waals surface area contributed by atoms with Gasteiger partial charge in [-0.1, -0.05) is 12.1 Å². The molecule has 0 amide bonds. The molecule has 1 unspecified atom stereocenters. The lowest BCUT2D eigenvalue weighted by Gasteiger charge is -2.47. The predicted octanol–water partition coefficient (Wildman–Crippen LogP) is 3.03. The summed E-state index contributed by atoms with van der Waals surface area (Å²) in [7, 11) is 1.85.